The van der Waals surface area contributed by atoms with Crippen molar-refractivity contribution in [3.8, 4) is 0 Å². The molecule has 2 aliphatic heterocycles. The predicted molar refractivity (Wildman–Crippen MR) is 129 cm³/mol. The van der Waals surface area contributed by atoms with Gasteiger partial charge in [0.15, 0.2) is 11.7 Å². The summed E-state index contributed by atoms with van der Waals surface area (Å²) in [5.41, 5.74) is -2.05. The van der Waals surface area contributed by atoms with E-state index in [2.05, 4.69) is 4.84 Å². The summed E-state index contributed by atoms with van der Waals surface area (Å²) >= 11 is 0. The summed E-state index contributed by atoms with van der Waals surface area (Å²) in [6, 6.07) is 0. The second-order valence-electron chi connectivity index (χ2n) is 9.01. The zero-order valence-corrected chi connectivity index (χ0v) is 22.1. The van der Waals surface area contributed by atoms with Gasteiger partial charge in [0.25, 0.3) is 5.09 Å². The quantitative estimate of drug-likeness (QED) is 0.0677. The lowest BCUT2D eigenvalue weighted by Crippen LogP contribution is -2.65. The van der Waals surface area contributed by atoms with Crippen LogP contribution in [0.15, 0.2) is 24.3 Å². The van der Waals surface area contributed by atoms with Gasteiger partial charge >= 0.3 is 11.9 Å². The molecule has 7 atom stereocenters. The summed E-state index contributed by atoms with van der Waals surface area (Å²) in [4.78, 5) is 39.0. The number of hydrogen-bond donors (Lipinski definition) is 3. The van der Waals surface area contributed by atoms with E-state index in [0.29, 0.717) is 6.42 Å². The van der Waals surface area contributed by atoms with Crippen LogP contribution >= 0.6 is 0 Å². The van der Waals surface area contributed by atoms with E-state index in [9.17, 15) is 35.0 Å². The number of nitrogens with zero attached hydrogens (tertiary/aromatic N) is 1. The minimum Gasteiger partial charge on any atom is -0.460 e. The Morgan fingerprint density at radius 3 is 2.31 bits per heavy atom. The normalized spacial score (nSPS) is 27.7. The minimum atomic E-state index is -2.05. The van der Waals surface area contributed by atoms with E-state index in [1.807, 2.05) is 0 Å². The molecule has 15 heteroatoms. The molecule has 0 radical (unpaired) electrons. The van der Waals surface area contributed by atoms with E-state index in [-0.39, 0.29) is 13.0 Å². The van der Waals surface area contributed by atoms with Crippen LogP contribution < -0.4 is 0 Å². The average Bonchev–Trinajstić information content (AvgIpc) is 3.43. The SMILES string of the molecule is CC=CC(=O)OCC(O)COC(CCC)(OCC(COC(=O)C=CC)O[N+](=O)[O-])[C@]1(O)CO[C@@H]2[C@@H](O)CO[C@@H]21. The molecule has 2 saturated heterocycles. The number of aliphatic hydroxyl groups excluding tert-OH is 2. The van der Waals surface area contributed by atoms with Crippen molar-refractivity contribution in [2.75, 3.05) is 39.6 Å². The standard InChI is InChI=1S/C24H37NO14/c1-4-7-19(28)33-10-16(26)11-37-24(9-6-3,23(30)15-36-21-18(27)14-35-22(21)23)38-13-17(39-25(31)32)12-34-20(29)8-5-2/h4-5,7-8,16-18,21-22,26-27,30H,6,9-15H2,1-3H3/t16?,17?,18-,21+,22-,23-,24?/m0/s1. The Hall–Kier alpha value is -2.66. The molecule has 3 unspecified atom stereocenters. The summed E-state index contributed by atoms with van der Waals surface area (Å²) in [7, 11) is 0. The van der Waals surface area contributed by atoms with E-state index in [4.69, 9.17) is 28.4 Å². The molecule has 39 heavy (non-hydrogen) atoms. The Morgan fingerprint density at radius 2 is 1.72 bits per heavy atom. The van der Waals surface area contributed by atoms with Crippen molar-refractivity contribution >= 4 is 11.9 Å². The topological polar surface area (TPSA) is 203 Å². The fourth-order valence-corrected chi connectivity index (χ4v) is 4.27. The van der Waals surface area contributed by atoms with Crippen molar-refractivity contribution in [3.63, 3.8) is 0 Å². The number of carbonyl (C=O) groups is 2. The third kappa shape index (κ3) is 8.66. The Kier molecular flexibility index (Phi) is 12.7. The Balaban J connectivity index is 2.28. The summed E-state index contributed by atoms with van der Waals surface area (Å²) in [5, 5.41) is 42.4. The first-order chi connectivity index (χ1) is 18.5. The molecule has 0 aromatic rings. The third-order valence-electron chi connectivity index (χ3n) is 6.01. The van der Waals surface area contributed by atoms with E-state index >= 15 is 0 Å². The highest BCUT2D eigenvalue weighted by Crippen LogP contribution is 2.45. The van der Waals surface area contributed by atoms with E-state index in [1.165, 1.54) is 12.2 Å². The van der Waals surface area contributed by atoms with Gasteiger partial charge in [-0.25, -0.2) is 9.59 Å². The Morgan fingerprint density at radius 1 is 1.10 bits per heavy atom. The summed E-state index contributed by atoms with van der Waals surface area (Å²) in [6.45, 7) is 2.33. The van der Waals surface area contributed by atoms with Gasteiger partial charge in [-0.05, 0) is 13.8 Å². The highest BCUT2D eigenvalue weighted by molar-refractivity contribution is 5.82. The molecule has 2 fully saturated rings. The first-order valence-electron chi connectivity index (χ1n) is 12.5. The number of allylic oxidation sites excluding steroid dienone is 2. The zero-order chi connectivity index (χ0) is 29.1. The van der Waals surface area contributed by atoms with Gasteiger partial charge in [0, 0.05) is 18.6 Å². The molecule has 0 bridgehead atoms. The molecule has 0 amide bonds. The second kappa shape index (κ2) is 15.2. The van der Waals surface area contributed by atoms with Gasteiger partial charge in [-0.2, -0.15) is 0 Å². The van der Waals surface area contributed by atoms with Crippen molar-refractivity contribution in [1.82, 2.24) is 0 Å². The Labute approximate surface area is 225 Å². The van der Waals surface area contributed by atoms with Gasteiger partial charge in [0.05, 0.1) is 26.4 Å². The van der Waals surface area contributed by atoms with E-state index in [1.54, 1.807) is 20.8 Å². The molecule has 2 aliphatic rings. The van der Waals surface area contributed by atoms with Crippen molar-refractivity contribution in [1.29, 1.82) is 0 Å². The molecular formula is C24H37NO14. The van der Waals surface area contributed by atoms with Crippen molar-refractivity contribution < 1.29 is 63.3 Å². The monoisotopic (exact) mass is 563 g/mol. The molecule has 0 aliphatic carbocycles. The van der Waals surface area contributed by atoms with Crippen molar-refractivity contribution in [2.45, 2.75) is 75.5 Å². The van der Waals surface area contributed by atoms with Gasteiger partial charge in [-0.3, -0.25) is 0 Å². The van der Waals surface area contributed by atoms with Gasteiger partial charge < -0.3 is 48.6 Å². The number of rotatable bonds is 17. The molecule has 3 N–H and O–H groups in total. The van der Waals surface area contributed by atoms with Crippen LogP contribution in [0.1, 0.15) is 33.6 Å². The van der Waals surface area contributed by atoms with Crippen molar-refractivity contribution in [2.24, 2.45) is 0 Å². The molecule has 15 nitrogen and oxygen atoms in total. The lowest BCUT2D eigenvalue weighted by molar-refractivity contribution is -0.769. The summed E-state index contributed by atoms with van der Waals surface area (Å²) in [6.07, 6.45) is -0.312. The predicted octanol–water partition coefficient (Wildman–Crippen LogP) is -0.418. The fourth-order valence-electron chi connectivity index (χ4n) is 4.27. The summed E-state index contributed by atoms with van der Waals surface area (Å²) < 4.78 is 33.0. The zero-order valence-electron chi connectivity index (χ0n) is 22.1. The maximum Gasteiger partial charge on any atom is 0.330 e. The average molecular weight is 564 g/mol. The van der Waals surface area contributed by atoms with Gasteiger partial charge in [-0.15, -0.1) is 10.1 Å². The van der Waals surface area contributed by atoms with Crippen LogP contribution in [-0.2, 0) is 42.8 Å². The maximum atomic E-state index is 11.8. The van der Waals surface area contributed by atoms with E-state index in [0.717, 1.165) is 12.2 Å². The molecular weight excluding hydrogens is 526 g/mol. The van der Waals surface area contributed by atoms with Crippen LogP contribution in [0.5, 0.6) is 0 Å². The smallest absolute Gasteiger partial charge is 0.330 e. The Bertz CT molecular complexity index is 881. The summed E-state index contributed by atoms with van der Waals surface area (Å²) in [5.74, 6) is -3.45. The minimum absolute atomic E-state index is 0.0237. The molecule has 0 spiro atoms. The lowest BCUT2D eigenvalue weighted by atomic mass is 9.84. The number of aliphatic hydroxyl groups is 3. The molecule has 0 aromatic carbocycles. The first kappa shape index (κ1) is 32.6. The molecule has 222 valence electrons. The molecule has 2 rings (SSSR count). The van der Waals surface area contributed by atoms with Gasteiger partial charge in [0.2, 0.25) is 5.79 Å². The van der Waals surface area contributed by atoms with Crippen LogP contribution in [-0.4, -0.2) is 114 Å². The number of carbonyl (C=O) groups excluding carboxylic acids is 2. The largest absolute Gasteiger partial charge is 0.460 e. The van der Waals surface area contributed by atoms with Crippen LogP contribution in [0.2, 0.25) is 0 Å². The highest BCUT2D eigenvalue weighted by Gasteiger charge is 2.67. The molecule has 2 heterocycles. The number of ether oxygens (including phenoxy) is 6. The molecule has 0 aromatic heterocycles. The number of fused-ring (bicyclic) bond motifs is 1. The van der Waals surface area contributed by atoms with Gasteiger partial charge in [-0.1, -0.05) is 25.5 Å². The van der Waals surface area contributed by atoms with Crippen LogP contribution in [0, 0.1) is 10.1 Å². The van der Waals surface area contributed by atoms with Crippen LogP contribution in [0.3, 0.4) is 0 Å². The first-order valence-corrected chi connectivity index (χ1v) is 12.5. The number of hydrogen-bond acceptors (Lipinski definition) is 14. The fraction of sp³-hybridized carbons (Fsp3) is 0.750. The van der Waals surface area contributed by atoms with Crippen LogP contribution in [0.25, 0.3) is 0 Å². The third-order valence-corrected chi connectivity index (χ3v) is 6.01. The molecule has 0 saturated carbocycles. The van der Waals surface area contributed by atoms with Crippen LogP contribution in [0.4, 0.5) is 0 Å². The van der Waals surface area contributed by atoms with Crippen molar-refractivity contribution in [3.05, 3.63) is 34.4 Å². The van der Waals surface area contributed by atoms with E-state index < -0.39 is 92.0 Å². The maximum absolute atomic E-state index is 11.8. The lowest BCUT2D eigenvalue weighted by Gasteiger charge is -2.46. The van der Waals surface area contributed by atoms with Gasteiger partial charge in [0.1, 0.15) is 37.6 Å². The second-order valence-corrected chi connectivity index (χ2v) is 9.01. The highest BCUT2D eigenvalue weighted by atomic mass is 17.0. The number of esters is 2.